The molecule has 11 heteroatoms. The van der Waals surface area contributed by atoms with Gasteiger partial charge in [0.05, 0.1) is 5.39 Å². The molecular weight excluding hydrogens is 526 g/mol. The summed E-state index contributed by atoms with van der Waals surface area (Å²) in [6, 6.07) is 10.0. The van der Waals surface area contributed by atoms with E-state index in [-0.39, 0.29) is 29.7 Å². The Hall–Kier alpha value is -3.79. The summed E-state index contributed by atoms with van der Waals surface area (Å²) in [7, 11) is 0. The second-order valence-corrected chi connectivity index (χ2v) is 11.7. The Morgan fingerprint density at radius 2 is 1.49 bits per heavy atom. The van der Waals surface area contributed by atoms with Crippen LogP contribution in [0.2, 0.25) is 5.02 Å². The smallest absolute Gasteiger partial charge is 0.324 e. The number of carbonyl (C=O) groups is 3. The van der Waals surface area contributed by atoms with Gasteiger partial charge in [-0.25, -0.2) is 4.68 Å². The molecule has 208 valence electrons. The molecular formula is C28H32ClN3O7. The van der Waals surface area contributed by atoms with Crippen molar-refractivity contribution >= 4 is 40.2 Å². The number of hydrogen-bond donors (Lipinski definition) is 1. The van der Waals surface area contributed by atoms with Gasteiger partial charge >= 0.3 is 11.9 Å². The van der Waals surface area contributed by atoms with Gasteiger partial charge in [0.1, 0.15) is 22.5 Å². The number of Topliss-reactive ketones (excluding diaryl/α,β-unsaturated/α-hetero) is 1. The second-order valence-electron chi connectivity index (χ2n) is 11.3. The van der Waals surface area contributed by atoms with Gasteiger partial charge in [-0.3, -0.25) is 19.2 Å². The van der Waals surface area contributed by atoms with Crippen molar-refractivity contribution in [1.82, 2.24) is 15.0 Å². The third-order valence-electron chi connectivity index (χ3n) is 5.67. The standard InChI is InChI=1S/C28H32ClN3O7/c1-26(2,3)38-24(36)28(25(37)39-27(4,5)6,16-22(34)17-7-10-19(33)11-8-17)13-14-32-23(35)20-15-18(29)9-12-21(20)30-31-32/h7-12,15,33H,13-14,16H2,1-6H3. The average Bonchev–Trinajstić information content (AvgIpc) is 2.81. The minimum absolute atomic E-state index is 0.0496. The van der Waals surface area contributed by atoms with Crippen LogP contribution >= 0.6 is 11.6 Å². The number of benzene rings is 2. The molecule has 3 aromatic rings. The van der Waals surface area contributed by atoms with Crippen molar-refractivity contribution in [3.8, 4) is 5.75 Å². The van der Waals surface area contributed by atoms with E-state index < -0.39 is 46.3 Å². The van der Waals surface area contributed by atoms with Crippen molar-refractivity contribution in [2.45, 2.75) is 72.1 Å². The number of aromatic nitrogens is 3. The third kappa shape index (κ3) is 7.41. The zero-order valence-electron chi connectivity index (χ0n) is 22.8. The number of phenolic OH excluding ortho intramolecular Hbond substituents is 1. The predicted molar refractivity (Wildman–Crippen MR) is 145 cm³/mol. The molecule has 0 aliphatic rings. The maximum Gasteiger partial charge on any atom is 0.324 e. The predicted octanol–water partition coefficient (Wildman–Crippen LogP) is 4.48. The lowest BCUT2D eigenvalue weighted by atomic mass is 9.78. The molecule has 2 aromatic carbocycles. The van der Waals surface area contributed by atoms with Gasteiger partial charge in [0.25, 0.3) is 5.56 Å². The van der Waals surface area contributed by atoms with E-state index in [4.69, 9.17) is 21.1 Å². The minimum atomic E-state index is -2.13. The molecule has 0 aliphatic heterocycles. The van der Waals surface area contributed by atoms with Crippen molar-refractivity contribution in [2.24, 2.45) is 5.41 Å². The second kappa shape index (κ2) is 11.1. The van der Waals surface area contributed by atoms with E-state index in [1.807, 2.05) is 0 Å². The lowest BCUT2D eigenvalue weighted by Crippen LogP contribution is -2.49. The number of rotatable bonds is 8. The first-order valence-electron chi connectivity index (χ1n) is 12.3. The lowest BCUT2D eigenvalue weighted by Gasteiger charge is -2.34. The number of aromatic hydroxyl groups is 1. The Kier molecular flexibility index (Phi) is 8.50. The Labute approximate surface area is 230 Å². The first kappa shape index (κ1) is 29.8. The molecule has 0 saturated heterocycles. The summed E-state index contributed by atoms with van der Waals surface area (Å²) in [5, 5.41) is 18.1. The highest BCUT2D eigenvalue weighted by Crippen LogP contribution is 2.36. The van der Waals surface area contributed by atoms with Gasteiger partial charge in [-0.05, 0) is 90.4 Å². The third-order valence-corrected chi connectivity index (χ3v) is 5.90. The summed E-state index contributed by atoms with van der Waals surface area (Å²) in [5.41, 5.74) is -4.16. The number of ketones is 1. The fraction of sp³-hybridized carbons (Fsp3) is 0.429. The largest absolute Gasteiger partial charge is 0.508 e. The van der Waals surface area contributed by atoms with Crippen molar-refractivity contribution in [1.29, 1.82) is 0 Å². The monoisotopic (exact) mass is 557 g/mol. The van der Waals surface area contributed by atoms with Crippen LogP contribution in [0, 0.1) is 5.41 Å². The SMILES string of the molecule is CC(C)(C)OC(=O)C(CCn1nnc2ccc(Cl)cc2c1=O)(CC(=O)c1ccc(O)cc1)C(=O)OC(C)(C)C. The fourth-order valence-electron chi connectivity index (χ4n) is 3.79. The quantitative estimate of drug-likeness (QED) is 0.241. The summed E-state index contributed by atoms with van der Waals surface area (Å²) >= 11 is 6.05. The summed E-state index contributed by atoms with van der Waals surface area (Å²) in [6.07, 6.45) is -0.954. The number of halogens is 1. The molecule has 0 radical (unpaired) electrons. The van der Waals surface area contributed by atoms with Gasteiger partial charge in [0, 0.05) is 23.6 Å². The minimum Gasteiger partial charge on any atom is -0.508 e. The molecule has 0 bridgehead atoms. The summed E-state index contributed by atoms with van der Waals surface area (Å²) in [6.45, 7) is 9.55. The van der Waals surface area contributed by atoms with E-state index in [0.717, 1.165) is 4.68 Å². The van der Waals surface area contributed by atoms with Crippen LogP contribution in [-0.4, -0.2) is 49.0 Å². The number of nitrogens with zero attached hydrogens (tertiary/aromatic N) is 3. The Balaban J connectivity index is 2.11. The summed E-state index contributed by atoms with van der Waals surface area (Å²) < 4.78 is 12.3. The molecule has 0 unspecified atom stereocenters. The average molecular weight is 558 g/mol. The van der Waals surface area contributed by atoms with Crippen LogP contribution < -0.4 is 5.56 Å². The molecule has 1 aromatic heterocycles. The topological polar surface area (TPSA) is 138 Å². The molecule has 0 atom stereocenters. The van der Waals surface area contributed by atoms with Gasteiger partial charge in [-0.2, -0.15) is 0 Å². The van der Waals surface area contributed by atoms with Crippen LogP contribution in [0.4, 0.5) is 0 Å². The van der Waals surface area contributed by atoms with Gasteiger partial charge in [0.15, 0.2) is 11.2 Å². The maximum absolute atomic E-state index is 13.7. The van der Waals surface area contributed by atoms with Crippen molar-refractivity contribution in [3.05, 3.63) is 63.4 Å². The fourth-order valence-corrected chi connectivity index (χ4v) is 3.96. The lowest BCUT2D eigenvalue weighted by molar-refractivity contribution is -0.186. The van der Waals surface area contributed by atoms with Crippen LogP contribution in [0.15, 0.2) is 47.3 Å². The molecule has 39 heavy (non-hydrogen) atoms. The first-order valence-corrected chi connectivity index (χ1v) is 12.7. The van der Waals surface area contributed by atoms with Crippen LogP contribution in [-0.2, 0) is 25.6 Å². The highest BCUT2D eigenvalue weighted by Gasteiger charge is 2.52. The van der Waals surface area contributed by atoms with Gasteiger partial charge in [0.2, 0.25) is 0 Å². The molecule has 1 N–H and O–H groups in total. The van der Waals surface area contributed by atoms with Crippen LogP contribution in [0.1, 0.15) is 64.7 Å². The number of fused-ring (bicyclic) bond motifs is 1. The molecule has 0 amide bonds. The zero-order valence-corrected chi connectivity index (χ0v) is 23.5. The summed E-state index contributed by atoms with van der Waals surface area (Å²) in [5.74, 6) is -2.55. The highest BCUT2D eigenvalue weighted by molar-refractivity contribution is 6.31. The number of phenols is 1. The molecule has 0 aliphatic carbocycles. The van der Waals surface area contributed by atoms with E-state index in [1.165, 1.54) is 30.3 Å². The van der Waals surface area contributed by atoms with Crippen molar-refractivity contribution in [2.75, 3.05) is 0 Å². The number of hydrogen-bond acceptors (Lipinski definition) is 9. The van der Waals surface area contributed by atoms with Crippen molar-refractivity contribution < 1.29 is 29.0 Å². The Bertz CT molecular complexity index is 1420. The van der Waals surface area contributed by atoms with Gasteiger partial charge in [-0.15, -0.1) is 5.10 Å². The number of ether oxygens (including phenoxy) is 2. The maximum atomic E-state index is 13.7. The number of esters is 2. The molecule has 0 fully saturated rings. The van der Waals surface area contributed by atoms with Gasteiger partial charge < -0.3 is 14.6 Å². The zero-order chi connectivity index (χ0) is 29.2. The van der Waals surface area contributed by atoms with E-state index in [9.17, 15) is 24.3 Å². The summed E-state index contributed by atoms with van der Waals surface area (Å²) in [4.78, 5) is 54.0. The Morgan fingerprint density at radius 1 is 0.923 bits per heavy atom. The molecule has 0 spiro atoms. The van der Waals surface area contributed by atoms with Gasteiger partial charge in [-0.1, -0.05) is 16.8 Å². The highest BCUT2D eigenvalue weighted by atomic mass is 35.5. The normalized spacial score (nSPS) is 12.3. The molecule has 3 rings (SSSR count). The van der Waals surface area contributed by atoms with E-state index in [0.29, 0.717) is 10.5 Å². The first-order chi connectivity index (χ1) is 18.0. The molecule has 0 saturated carbocycles. The van der Waals surface area contributed by atoms with Crippen LogP contribution in [0.5, 0.6) is 5.75 Å². The molecule has 10 nitrogen and oxygen atoms in total. The number of aryl methyl sites for hydroxylation is 1. The van der Waals surface area contributed by atoms with Crippen molar-refractivity contribution in [3.63, 3.8) is 0 Å². The van der Waals surface area contributed by atoms with E-state index >= 15 is 0 Å². The van der Waals surface area contributed by atoms with E-state index in [2.05, 4.69) is 10.3 Å². The molecule has 1 heterocycles. The van der Waals surface area contributed by atoms with Crippen LogP contribution in [0.3, 0.4) is 0 Å². The number of carbonyl (C=O) groups excluding carboxylic acids is 3. The Morgan fingerprint density at radius 3 is 2.03 bits per heavy atom. The van der Waals surface area contributed by atoms with E-state index in [1.54, 1.807) is 53.7 Å². The van der Waals surface area contributed by atoms with Crippen LogP contribution in [0.25, 0.3) is 10.9 Å².